The van der Waals surface area contributed by atoms with Crippen LogP contribution in [0, 0.1) is 11.3 Å². The molecule has 6 nitrogen and oxygen atoms in total. The second-order valence-electron chi connectivity index (χ2n) is 9.09. The number of rotatable bonds is 12. The molecule has 37 heavy (non-hydrogen) atoms. The van der Waals surface area contributed by atoms with Gasteiger partial charge in [0.05, 0.1) is 32.0 Å². The van der Waals surface area contributed by atoms with Gasteiger partial charge in [-0.3, -0.25) is 4.79 Å². The third kappa shape index (κ3) is 7.54. The number of ether oxygens (including phenoxy) is 2. The predicted molar refractivity (Wildman–Crippen MR) is 136 cm³/mol. The molecular formula is C28H33F3N2O4. The summed E-state index contributed by atoms with van der Waals surface area (Å²) in [6, 6.07) is 11.8. The van der Waals surface area contributed by atoms with Crippen LogP contribution >= 0.6 is 0 Å². The van der Waals surface area contributed by atoms with E-state index >= 15 is 0 Å². The third-order valence-corrected chi connectivity index (χ3v) is 6.48. The highest BCUT2D eigenvalue weighted by Gasteiger charge is 2.39. The van der Waals surface area contributed by atoms with Gasteiger partial charge >= 0.3 is 6.18 Å². The van der Waals surface area contributed by atoms with Crippen molar-refractivity contribution in [3.05, 3.63) is 47.5 Å². The molecule has 1 atom stereocenters. The van der Waals surface area contributed by atoms with Gasteiger partial charge < -0.3 is 19.5 Å². The van der Waals surface area contributed by atoms with E-state index in [-0.39, 0.29) is 57.5 Å². The van der Waals surface area contributed by atoms with E-state index in [1.165, 1.54) is 18.2 Å². The molecule has 9 heteroatoms. The number of nitriles is 1. The summed E-state index contributed by atoms with van der Waals surface area (Å²) < 4.78 is 53.2. The Hall–Kier alpha value is -2.93. The second-order valence-corrected chi connectivity index (χ2v) is 9.09. The second kappa shape index (κ2) is 13.6. The number of alkyl halides is 3. The molecule has 1 aliphatic rings. The van der Waals surface area contributed by atoms with Crippen molar-refractivity contribution in [2.24, 2.45) is 0 Å². The number of hydrogen-bond donors (Lipinski definition) is 1. The maximum absolute atomic E-state index is 14.3. The summed E-state index contributed by atoms with van der Waals surface area (Å²) in [5.74, 6) is -0.868. The number of aliphatic hydroxyl groups is 1. The van der Waals surface area contributed by atoms with Gasteiger partial charge in [0.15, 0.2) is 5.78 Å². The number of carbonyl (C=O) groups is 1. The Labute approximate surface area is 215 Å². The molecule has 200 valence electrons. The minimum absolute atomic E-state index is 0.102. The van der Waals surface area contributed by atoms with Gasteiger partial charge in [-0.15, -0.1) is 0 Å². The quantitative estimate of drug-likeness (QED) is 0.229. The fraction of sp³-hybridized carbons (Fsp3) is 0.500. The van der Waals surface area contributed by atoms with E-state index in [9.17, 15) is 23.2 Å². The molecule has 0 spiro atoms. The van der Waals surface area contributed by atoms with Gasteiger partial charge in [0, 0.05) is 36.7 Å². The van der Waals surface area contributed by atoms with E-state index in [1.54, 1.807) is 6.07 Å². The number of nitrogens with zero attached hydrogens (tertiary/aromatic N) is 2. The Morgan fingerprint density at radius 2 is 1.89 bits per heavy atom. The highest BCUT2D eigenvalue weighted by molar-refractivity contribution is 6.08. The SMILES string of the molecule is CC1CCCCN1c1cccc2ccc(/C(=C(\C#N)C(=O)CCCOCCOCCO)C(F)(F)F)cc12. The monoisotopic (exact) mass is 518 g/mol. The van der Waals surface area contributed by atoms with E-state index in [0.29, 0.717) is 5.39 Å². The number of allylic oxidation sites excluding steroid dienone is 2. The normalized spacial score (nSPS) is 17.0. The molecule has 3 rings (SSSR count). The molecule has 1 heterocycles. The lowest BCUT2D eigenvalue weighted by Crippen LogP contribution is -2.37. The maximum Gasteiger partial charge on any atom is 0.418 e. The summed E-state index contributed by atoms with van der Waals surface area (Å²) in [4.78, 5) is 15.0. The predicted octanol–water partition coefficient (Wildman–Crippen LogP) is 5.43. The van der Waals surface area contributed by atoms with Gasteiger partial charge in [-0.2, -0.15) is 18.4 Å². The lowest BCUT2D eigenvalue weighted by Gasteiger charge is -2.36. The van der Waals surface area contributed by atoms with E-state index in [0.717, 1.165) is 36.9 Å². The van der Waals surface area contributed by atoms with Crippen LogP contribution in [0.15, 0.2) is 42.0 Å². The fourth-order valence-corrected chi connectivity index (χ4v) is 4.67. The average Bonchev–Trinajstić information content (AvgIpc) is 2.87. The highest BCUT2D eigenvalue weighted by atomic mass is 19.4. The van der Waals surface area contributed by atoms with Gasteiger partial charge in [-0.05, 0) is 55.7 Å². The number of aliphatic hydroxyl groups excluding tert-OH is 1. The van der Waals surface area contributed by atoms with Crippen molar-refractivity contribution in [2.45, 2.75) is 51.2 Å². The molecule has 0 saturated carbocycles. The molecular weight excluding hydrogens is 485 g/mol. The van der Waals surface area contributed by atoms with Gasteiger partial charge in [0.2, 0.25) is 0 Å². The zero-order chi connectivity index (χ0) is 26.8. The first-order chi connectivity index (χ1) is 17.8. The molecule has 0 amide bonds. The molecule has 0 aromatic heterocycles. The lowest BCUT2D eigenvalue weighted by molar-refractivity contribution is -0.116. The van der Waals surface area contributed by atoms with Crippen LogP contribution in [-0.2, 0) is 14.3 Å². The molecule has 1 saturated heterocycles. The van der Waals surface area contributed by atoms with Gasteiger partial charge in [0.1, 0.15) is 11.6 Å². The smallest absolute Gasteiger partial charge is 0.394 e. The zero-order valence-corrected chi connectivity index (χ0v) is 21.0. The summed E-state index contributed by atoms with van der Waals surface area (Å²) in [7, 11) is 0. The minimum atomic E-state index is -4.89. The van der Waals surface area contributed by atoms with Crippen molar-refractivity contribution in [1.82, 2.24) is 0 Å². The largest absolute Gasteiger partial charge is 0.418 e. The Balaban J connectivity index is 1.87. The lowest BCUT2D eigenvalue weighted by atomic mass is 9.93. The van der Waals surface area contributed by atoms with Crippen molar-refractivity contribution in [1.29, 1.82) is 5.26 Å². The van der Waals surface area contributed by atoms with Crippen molar-refractivity contribution in [3.63, 3.8) is 0 Å². The zero-order valence-electron chi connectivity index (χ0n) is 21.0. The molecule has 1 N–H and O–H groups in total. The van der Waals surface area contributed by atoms with Crippen LogP contribution in [0.3, 0.4) is 0 Å². The number of hydrogen-bond acceptors (Lipinski definition) is 6. The van der Waals surface area contributed by atoms with Crippen LogP contribution in [0.25, 0.3) is 16.3 Å². The van der Waals surface area contributed by atoms with Crippen LogP contribution in [0.4, 0.5) is 18.9 Å². The fourth-order valence-electron chi connectivity index (χ4n) is 4.67. The van der Waals surface area contributed by atoms with Crippen molar-refractivity contribution in [2.75, 3.05) is 44.5 Å². The molecule has 0 aliphatic carbocycles. The maximum atomic E-state index is 14.3. The van der Waals surface area contributed by atoms with Crippen LogP contribution in [-0.4, -0.2) is 62.7 Å². The number of halogens is 3. The topological polar surface area (TPSA) is 82.8 Å². The van der Waals surface area contributed by atoms with E-state index in [2.05, 4.69) is 11.8 Å². The summed E-state index contributed by atoms with van der Waals surface area (Å²) in [5, 5.41) is 19.7. The summed E-state index contributed by atoms with van der Waals surface area (Å²) >= 11 is 0. The van der Waals surface area contributed by atoms with Crippen molar-refractivity contribution >= 4 is 27.8 Å². The van der Waals surface area contributed by atoms with Crippen molar-refractivity contribution in [3.8, 4) is 6.07 Å². The first-order valence-corrected chi connectivity index (χ1v) is 12.6. The Morgan fingerprint density at radius 3 is 2.57 bits per heavy atom. The molecule has 1 fully saturated rings. The van der Waals surface area contributed by atoms with Crippen LogP contribution in [0.5, 0.6) is 0 Å². The van der Waals surface area contributed by atoms with Crippen molar-refractivity contribution < 1.29 is 32.5 Å². The Morgan fingerprint density at radius 1 is 1.14 bits per heavy atom. The van der Waals surface area contributed by atoms with Gasteiger partial charge in [-0.1, -0.05) is 24.3 Å². The standard InChI is InChI=1S/C28H33F3N2O4/c1-20-6-2-3-12-33(20)25-8-4-7-21-10-11-22(18-23(21)25)27(28(29,30)31)24(19-32)26(35)9-5-14-36-16-17-37-15-13-34/h4,7-8,10-11,18,20,34H,2-3,5-6,9,12-17H2,1H3/b27-24-. The van der Waals surface area contributed by atoms with Gasteiger partial charge in [0.25, 0.3) is 0 Å². The van der Waals surface area contributed by atoms with E-state index in [1.807, 2.05) is 18.2 Å². The molecule has 2 aromatic carbocycles. The number of Topliss-reactive ketones (excluding diaryl/α,β-unsaturated/α-hetero) is 1. The summed E-state index contributed by atoms with van der Waals surface area (Å²) in [6.07, 6.45) is -1.82. The first kappa shape index (κ1) is 28.6. The molecule has 1 aliphatic heterocycles. The number of ketones is 1. The molecule has 1 unspecified atom stereocenters. The van der Waals surface area contributed by atoms with Crippen LogP contribution in [0.1, 0.15) is 44.6 Å². The number of piperidine rings is 1. The van der Waals surface area contributed by atoms with E-state index in [4.69, 9.17) is 14.6 Å². The molecule has 0 bridgehead atoms. The molecule has 2 aromatic rings. The molecule has 0 radical (unpaired) electrons. The van der Waals surface area contributed by atoms with Crippen LogP contribution in [0.2, 0.25) is 0 Å². The number of anilines is 1. The summed E-state index contributed by atoms with van der Waals surface area (Å²) in [6.45, 7) is 3.65. The first-order valence-electron chi connectivity index (χ1n) is 12.6. The third-order valence-electron chi connectivity index (χ3n) is 6.48. The average molecular weight is 519 g/mol. The van der Waals surface area contributed by atoms with Crippen LogP contribution < -0.4 is 4.90 Å². The highest BCUT2D eigenvalue weighted by Crippen LogP contribution is 2.40. The minimum Gasteiger partial charge on any atom is -0.394 e. The Bertz CT molecular complexity index is 1140. The number of carbonyl (C=O) groups excluding carboxylic acids is 1. The Kier molecular flexibility index (Phi) is 10.5. The van der Waals surface area contributed by atoms with Gasteiger partial charge in [-0.25, -0.2) is 0 Å². The number of benzene rings is 2. The summed E-state index contributed by atoms with van der Waals surface area (Å²) in [5.41, 5.74) is -1.43. The number of fused-ring (bicyclic) bond motifs is 1. The van der Waals surface area contributed by atoms with E-state index < -0.39 is 23.1 Å².